The van der Waals surface area contributed by atoms with Gasteiger partial charge in [0.1, 0.15) is 5.82 Å². The number of likely N-dealkylation sites (tertiary alicyclic amines) is 1. The summed E-state index contributed by atoms with van der Waals surface area (Å²) in [6.45, 7) is 6.68. The van der Waals surface area contributed by atoms with E-state index in [2.05, 4.69) is 41.2 Å². The summed E-state index contributed by atoms with van der Waals surface area (Å²) in [7, 11) is 0. The molecule has 1 unspecified atom stereocenters. The van der Waals surface area contributed by atoms with E-state index >= 15 is 0 Å². The average molecular weight is 323 g/mol. The number of hydrogen-bond acceptors (Lipinski definition) is 2. The van der Waals surface area contributed by atoms with Gasteiger partial charge in [0.05, 0.1) is 17.9 Å². The highest BCUT2D eigenvalue weighted by Crippen LogP contribution is 2.31. The van der Waals surface area contributed by atoms with Gasteiger partial charge in [-0.1, -0.05) is 35.9 Å². The molecule has 0 saturated carbocycles. The maximum Gasteiger partial charge on any atom is 0.249 e. The zero-order valence-electron chi connectivity index (χ0n) is 14.7. The lowest BCUT2D eigenvalue weighted by Crippen LogP contribution is -2.39. The summed E-state index contributed by atoms with van der Waals surface area (Å²) in [6.07, 6.45) is 6.91. The Bertz CT molecular complexity index is 742. The van der Waals surface area contributed by atoms with E-state index in [1.807, 2.05) is 31.0 Å². The van der Waals surface area contributed by atoms with Gasteiger partial charge in [-0.15, -0.1) is 0 Å². The summed E-state index contributed by atoms with van der Waals surface area (Å²) in [5.74, 6) is 1.01. The van der Waals surface area contributed by atoms with Crippen LogP contribution in [0.15, 0.2) is 42.1 Å². The van der Waals surface area contributed by atoms with Gasteiger partial charge in [-0.3, -0.25) is 4.79 Å². The smallest absolute Gasteiger partial charge is 0.249 e. The molecule has 1 fully saturated rings. The predicted octanol–water partition coefficient (Wildman–Crippen LogP) is 4.40. The Hall–Kier alpha value is -2.36. The largest absolute Gasteiger partial charge is 0.340 e. The number of carbonyl (C=O) groups is 1. The second-order valence-electron chi connectivity index (χ2n) is 6.53. The molecule has 1 N–H and O–H groups in total. The quantitative estimate of drug-likeness (QED) is 0.851. The Morgan fingerprint density at radius 1 is 1.29 bits per heavy atom. The Balaban J connectivity index is 1.86. The van der Waals surface area contributed by atoms with Crippen LogP contribution < -0.4 is 0 Å². The normalized spacial score (nSPS) is 18.7. The number of imidazole rings is 1. The van der Waals surface area contributed by atoms with Crippen LogP contribution in [-0.4, -0.2) is 27.3 Å². The predicted molar refractivity (Wildman–Crippen MR) is 96.5 cm³/mol. The summed E-state index contributed by atoms with van der Waals surface area (Å²) >= 11 is 0. The number of aromatic nitrogens is 2. The number of nitrogens with one attached hydrogen (secondary N) is 1. The first-order chi connectivity index (χ1) is 11.6. The molecule has 1 aliphatic heterocycles. The zero-order chi connectivity index (χ0) is 17.1. The van der Waals surface area contributed by atoms with Crippen molar-refractivity contribution in [1.82, 2.24) is 14.9 Å². The minimum atomic E-state index is 0.0420. The molecule has 0 spiro atoms. The second kappa shape index (κ2) is 7.04. The summed E-state index contributed by atoms with van der Waals surface area (Å²) in [5.41, 5.74) is 4.17. The van der Waals surface area contributed by atoms with Crippen molar-refractivity contribution in [3.8, 4) is 11.3 Å². The lowest BCUT2D eigenvalue weighted by Gasteiger charge is -2.34. The Kier molecular flexibility index (Phi) is 4.84. The van der Waals surface area contributed by atoms with Crippen LogP contribution in [0, 0.1) is 6.92 Å². The molecule has 24 heavy (non-hydrogen) atoms. The number of aromatic amines is 1. The number of hydrogen-bond donors (Lipinski definition) is 1. The van der Waals surface area contributed by atoms with Crippen molar-refractivity contribution >= 4 is 5.91 Å². The third kappa shape index (κ3) is 3.28. The summed E-state index contributed by atoms with van der Waals surface area (Å²) < 4.78 is 0. The SMILES string of the molecule is C/C=C(\C)C(=O)N1CCCCC1c1ncc(-c2ccc(C)cc2)[nH]1. The van der Waals surface area contributed by atoms with Crippen molar-refractivity contribution < 1.29 is 4.79 Å². The Labute approximate surface area is 143 Å². The lowest BCUT2D eigenvalue weighted by atomic mass is 10.0. The number of aryl methyl sites for hydroxylation is 1. The fourth-order valence-electron chi connectivity index (χ4n) is 3.19. The zero-order valence-corrected chi connectivity index (χ0v) is 14.7. The molecular weight excluding hydrogens is 298 g/mol. The highest BCUT2D eigenvalue weighted by molar-refractivity contribution is 5.93. The van der Waals surface area contributed by atoms with Gasteiger partial charge in [0.2, 0.25) is 5.91 Å². The fourth-order valence-corrected chi connectivity index (χ4v) is 3.19. The van der Waals surface area contributed by atoms with Crippen molar-refractivity contribution in [2.24, 2.45) is 0 Å². The molecule has 0 radical (unpaired) electrons. The third-order valence-electron chi connectivity index (χ3n) is 4.81. The maximum atomic E-state index is 12.6. The van der Waals surface area contributed by atoms with Gasteiger partial charge in [-0.2, -0.15) is 0 Å². The maximum absolute atomic E-state index is 12.6. The van der Waals surface area contributed by atoms with Crippen molar-refractivity contribution in [2.75, 3.05) is 6.54 Å². The topological polar surface area (TPSA) is 49.0 Å². The van der Waals surface area contributed by atoms with Crippen LogP contribution in [0.5, 0.6) is 0 Å². The molecule has 0 bridgehead atoms. The molecule has 2 aromatic rings. The number of nitrogens with zero attached hydrogens (tertiary/aromatic N) is 2. The Morgan fingerprint density at radius 2 is 2.04 bits per heavy atom. The highest BCUT2D eigenvalue weighted by atomic mass is 16.2. The van der Waals surface area contributed by atoms with Crippen LogP contribution in [0.2, 0.25) is 0 Å². The van der Waals surface area contributed by atoms with E-state index in [-0.39, 0.29) is 11.9 Å². The van der Waals surface area contributed by atoms with Gasteiger partial charge in [-0.05, 0) is 45.6 Å². The van der Waals surface area contributed by atoms with Gasteiger partial charge in [0.15, 0.2) is 0 Å². The number of H-pyrrole nitrogens is 1. The van der Waals surface area contributed by atoms with Gasteiger partial charge >= 0.3 is 0 Å². The van der Waals surface area contributed by atoms with Crippen molar-refractivity contribution in [3.05, 3.63) is 53.5 Å². The molecule has 2 heterocycles. The standard InChI is InChI=1S/C20H25N3O/c1-4-15(3)20(24)23-12-6-5-7-18(23)19-21-13-17(22-19)16-10-8-14(2)9-11-16/h4,8-11,13,18H,5-7,12H2,1-3H3,(H,21,22)/b15-4+. The molecule has 1 aromatic carbocycles. The Morgan fingerprint density at radius 3 is 2.75 bits per heavy atom. The highest BCUT2D eigenvalue weighted by Gasteiger charge is 2.30. The van der Waals surface area contributed by atoms with Crippen LogP contribution in [0.3, 0.4) is 0 Å². The molecule has 4 heteroatoms. The number of allylic oxidation sites excluding steroid dienone is 1. The monoisotopic (exact) mass is 323 g/mol. The number of benzene rings is 1. The van der Waals surface area contributed by atoms with E-state index in [4.69, 9.17) is 0 Å². The second-order valence-corrected chi connectivity index (χ2v) is 6.53. The number of piperidine rings is 1. The first kappa shape index (κ1) is 16.5. The number of rotatable bonds is 3. The summed E-state index contributed by atoms with van der Waals surface area (Å²) in [6, 6.07) is 8.43. The first-order valence-electron chi connectivity index (χ1n) is 8.66. The molecule has 0 aliphatic carbocycles. The number of amides is 1. The van der Waals surface area contributed by atoms with Crippen molar-refractivity contribution in [3.63, 3.8) is 0 Å². The fraction of sp³-hybridized carbons (Fsp3) is 0.400. The summed E-state index contributed by atoms with van der Waals surface area (Å²) in [4.78, 5) is 22.6. The first-order valence-corrected chi connectivity index (χ1v) is 8.66. The van der Waals surface area contributed by atoms with Crippen LogP contribution in [-0.2, 0) is 4.79 Å². The minimum absolute atomic E-state index is 0.0420. The molecule has 1 atom stereocenters. The van der Waals surface area contributed by atoms with E-state index < -0.39 is 0 Å². The third-order valence-corrected chi connectivity index (χ3v) is 4.81. The molecule has 1 amide bonds. The van der Waals surface area contributed by atoms with E-state index in [0.717, 1.165) is 48.5 Å². The van der Waals surface area contributed by atoms with Crippen molar-refractivity contribution in [2.45, 2.75) is 46.1 Å². The molecule has 126 valence electrons. The van der Waals surface area contributed by atoms with Crippen LogP contribution in [0.4, 0.5) is 0 Å². The molecule has 4 nitrogen and oxygen atoms in total. The number of carbonyl (C=O) groups excluding carboxylic acids is 1. The van der Waals surface area contributed by atoms with Gasteiger partial charge < -0.3 is 9.88 Å². The minimum Gasteiger partial charge on any atom is -0.340 e. The molecular formula is C20H25N3O. The molecule has 1 aliphatic rings. The molecule has 3 rings (SSSR count). The van der Waals surface area contributed by atoms with E-state index in [1.165, 1.54) is 5.56 Å². The van der Waals surface area contributed by atoms with Gasteiger partial charge in [0.25, 0.3) is 0 Å². The average Bonchev–Trinajstić information content (AvgIpc) is 3.11. The van der Waals surface area contributed by atoms with Gasteiger partial charge in [-0.25, -0.2) is 4.98 Å². The van der Waals surface area contributed by atoms with Crippen LogP contribution in [0.1, 0.15) is 50.5 Å². The van der Waals surface area contributed by atoms with E-state index in [9.17, 15) is 4.79 Å². The van der Waals surface area contributed by atoms with Crippen LogP contribution >= 0.6 is 0 Å². The molecule has 1 aromatic heterocycles. The van der Waals surface area contributed by atoms with Crippen molar-refractivity contribution in [1.29, 1.82) is 0 Å². The van der Waals surface area contributed by atoms with Gasteiger partial charge in [0, 0.05) is 12.1 Å². The lowest BCUT2D eigenvalue weighted by molar-refractivity contribution is -0.131. The molecule has 1 saturated heterocycles. The van der Waals surface area contributed by atoms with E-state index in [0.29, 0.717) is 0 Å². The van der Waals surface area contributed by atoms with E-state index in [1.54, 1.807) is 0 Å². The van der Waals surface area contributed by atoms with Crippen LogP contribution in [0.25, 0.3) is 11.3 Å². The summed E-state index contributed by atoms with van der Waals surface area (Å²) in [5, 5.41) is 0.